The Kier molecular flexibility index (Phi) is 5.60. The maximum absolute atomic E-state index is 5.78. The van der Waals surface area contributed by atoms with Crippen molar-refractivity contribution in [3.05, 3.63) is 60.2 Å². The first-order valence-corrected chi connectivity index (χ1v) is 7.69. The summed E-state index contributed by atoms with van der Waals surface area (Å²) >= 11 is 0. The third-order valence-electron chi connectivity index (χ3n) is 4.34. The minimum atomic E-state index is 0.316. The van der Waals surface area contributed by atoms with E-state index in [1.807, 2.05) is 12.1 Å². The van der Waals surface area contributed by atoms with E-state index in [9.17, 15) is 0 Å². The predicted octanol–water partition coefficient (Wildman–Crippen LogP) is 5.29. The fraction of sp³-hybridized carbons (Fsp3) is 0.474. The second kappa shape index (κ2) is 7.44. The van der Waals surface area contributed by atoms with E-state index in [1.165, 1.54) is 36.8 Å². The molecule has 1 aromatic rings. The molecule has 1 atom stereocenters. The summed E-state index contributed by atoms with van der Waals surface area (Å²) in [6.45, 7) is 7.90. The van der Waals surface area contributed by atoms with Gasteiger partial charge >= 0.3 is 0 Å². The van der Waals surface area contributed by atoms with Gasteiger partial charge < -0.3 is 4.74 Å². The Morgan fingerprint density at radius 2 is 2.10 bits per heavy atom. The Labute approximate surface area is 123 Å². The van der Waals surface area contributed by atoms with Gasteiger partial charge in [0.1, 0.15) is 0 Å². The van der Waals surface area contributed by atoms with Crippen molar-refractivity contribution < 1.29 is 4.74 Å². The molecule has 0 saturated carbocycles. The molecule has 0 fully saturated rings. The van der Waals surface area contributed by atoms with Crippen LogP contribution in [0.1, 0.15) is 44.6 Å². The standard InChI is InChI=1S/C19H26O/c1-3-18-12-7-8-13-19(18,2)14-9-15-20-16-17-10-5-4-6-11-17/h3-6,10-12H,1,7-9,13-16H2,2H3/t19-/m1/s1. The van der Waals surface area contributed by atoms with Crippen LogP contribution in [0.15, 0.2) is 54.6 Å². The summed E-state index contributed by atoms with van der Waals surface area (Å²) in [5.41, 5.74) is 3.01. The average molecular weight is 270 g/mol. The maximum Gasteiger partial charge on any atom is 0.0716 e. The first-order valence-electron chi connectivity index (χ1n) is 7.69. The van der Waals surface area contributed by atoms with Crippen molar-refractivity contribution in [2.75, 3.05) is 6.61 Å². The largest absolute Gasteiger partial charge is 0.377 e. The summed E-state index contributed by atoms with van der Waals surface area (Å²) in [6.07, 6.45) is 10.5. The second-order valence-electron chi connectivity index (χ2n) is 5.96. The van der Waals surface area contributed by atoms with Crippen LogP contribution in [0.25, 0.3) is 0 Å². The Morgan fingerprint density at radius 1 is 1.30 bits per heavy atom. The maximum atomic E-state index is 5.78. The van der Waals surface area contributed by atoms with E-state index in [0.717, 1.165) is 19.6 Å². The average Bonchev–Trinajstić information content (AvgIpc) is 2.48. The van der Waals surface area contributed by atoms with E-state index >= 15 is 0 Å². The van der Waals surface area contributed by atoms with Crippen LogP contribution >= 0.6 is 0 Å². The van der Waals surface area contributed by atoms with Crippen LogP contribution in [0.5, 0.6) is 0 Å². The Bertz CT molecular complexity index is 446. The van der Waals surface area contributed by atoms with Crippen molar-refractivity contribution in [2.45, 2.75) is 45.6 Å². The minimum absolute atomic E-state index is 0.316. The molecular weight excluding hydrogens is 244 g/mol. The summed E-state index contributed by atoms with van der Waals surface area (Å²) < 4.78 is 5.78. The lowest BCUT2D eigenvalue weighted by Crippen LogP contribution is -2.21. The molecule has 20 heavy (non-hydrogen) atoms. The van der Waals surface area contributed by atoms with E-state index in [0.29, 0.717) is 5.41 Å². The molecule has 1 aliphatic carbocycles. The van der Waals surface area contributed by atoms with Crippen molar-refractivity contribution in [1.82, 2.24) is 0 Å². The monoisotopic (exact) mass is 270 g/mol. The number of hydrogen-bond donors (Lipinski definition) is 0. The van der Waals surface area contributed by atoms with E-state index in [4.69, 9.17) is 4.74 Å². The molecular formula is C19H26O. The lowest BCUT2D eigenvalue weighted by Gasteiger charge is -2.34. The first kappa shape index (κ1) is 15.1. The summed E-state index contributed by atoms with van der Waals surface area (Å²) in [4.78, 5) is 0. The highest BCUT2D eigenvalue weighted by molar-refractivity contribution is 5.26. The topological polar surface area (TPSA) is 9.23 Å². The number of benzene rings is 1. The number of hydrogen-bond acceptors (Lipinski definition) is 1. The van der Waals surface area contributed by atoms with Gasteiger partial charge in [0.2, 0.25) is 0 Å². The predicted molar refractivity (Wildman–Crippen MR) is 85.6 cm³/mol. The molecule has 0 aliphatic heterocycles. The van der Waals surface area contributed by atoms with Crippen molar-refractivity contribution in [1.29, 1.82) is 0 Å². The SMILES string of the molecule is C=CC1=CCCC[C@]1(C)CCCOCc1ccccc1. The third-order valence-corrected chi connectivity index (χ3v) is 4.34. The van der Waals surface area contributed by atoms with E-state index < -0.39 is 0 Å². The molecule has 0 spiro atoms. The van der Waals surface area contributed by atoms with Crippen molar-refractivity contribution in [2.24, 2.45) is 5.41 Å². The summed E-state index contributed by atoms with van der Waals surface area (Å²) in [7, 11) is 0. The molecule has 0 amide bonds. The normalized spacial score (nSPS) is 22.4. The minimum Gasteiger partial charge on any atom is -0.377 e. The number of rotatable bonds is 7. The van der Waals surface area contributed by atoms with E-state index in [1.54, 1.807) is 0 Å². The van der Waals surface area contributed by atoms with Gasteiger partial charge in [-0.25, -0.2) is 0 Å². The molecule has 0 heterocycles. The van der Waals surface area contributed by atoms with Gasteiger partial charge in [0, 0.05) is 6.61 Å². The van der Waals surface area contributed by atoms with Crippen LogP contribution in [0.3, 0.4) is 0 Å². The quantitative estimate of drug-likeness (QED) is 0.612. The summed E-state index contributed by atoms with van der Waals surface area (Å²) in [5, 5.41) is 0. The van der Waals surface area contributed by atoms with Crippen LogP contribution in [0.4, 0.5) is 0 Å². The van der Waals surface area contributed by atoms with Gasteiger partial charge in [-0.3, -0.25) is 0 Å². The highest BCUT2D eigenvalue weighted by Crippen LogP contribution is 2.41. The molecule has 1 nitrogen and oxygen atoms in total. The second-order valence-corrected chi connectivity index (χ2v) is 5.96. The Morgan fingerprint density at radius 3 is 2.85 bits per heavy atom. The van der Waals surface area contributed by atoms with Crippen LogP contribution in [0.2, 0.25) is 0 Å². The zero-order valence-corrected chi connectivity index (χ0v) is 12.6. The molecule has 108 valence electrons. The molecule has 1 aromatic carbocycles. The van der Waals surface area contributed by atoms with Gasteiger partial charge in [-0.15, -0.1) is 0 Å². The Balaban J connectivity index is 1.71. The first-order chi connectivity index (χ1) is 9.74. The summed E-state index contributed by atoms with van der Waals surface area (Å²) in [6, 6.07) is 10.4. The molecule has 1 heteroatoms. The fourth-order valence-electron chi connectivity index (χ4n) is 3.07. The van der Waals surface area contributed by atoms with Crippen LogP contribution in [-0.2, 0) is 11.3 Å². The third kappa shape index (κ3) is 4.08. The molecule has 0 unspecified atom stereocenters. The lowest BCUT2D eigenvalue weighted by atomic mass is 9.71. The van der Waals surface area contributed by atoms with Crippen LogP contribution in [-0.4, -0.2) is 6.61 Å². The molecule has 0 saturated heterocycles. The van der Waals surface area contributed by atoms with Crippen molar-refractivity contribution in [3.8, 4) is 0 Å². The van der Waals surface area contributed by atoms with Gasteiger partial charge in [0.15, 0.2) is 0 Å². The van der Waals surface area contributed by atoms with Crippen LogP contribution < -0.4 is 0 Å². The van der Waals surface area contributed by atoms with Gasteiger partial charge in [-0.1, -0.05) is 56.0 Å². The van der Waals surface area contributed by atoms with Gasteiger partial charge in [-0.2, -0.15) is 0 Å². The highest BCUT2D eigenvalue weighted by Gasteiger charge is 2.28. The molecule has 0 radical (unpaired) electrons. The zero-order chi connectivity index (χ0) is 14.3. The highest BCUT2D eigenvalue weighted by atomic mass is 16.5. The molecule has 0 bridgehead atoms. The Hall–Kier alpha value is -1.34. The summed E-state index contributed by atoms with van der Waals surface area (Å²) in [5.74, 6) is 0. The molecule has 0 N–H and O–H groups in total. The van der Waals surface area contributed by atoms with Gasteiger partial charge in [0.25, 0.3) is 0 Å². The molecule has 0 aromatic heterocycles. The fourth-order valence-corrected chi connectivity index (χ4v) is 3.07. The van der Waals surface area contributed by atoms with E-state index in [-0.39, 0.29) is 0 Å². The molecule has 1 aliphatic rings. The van der Waals surface area contributed by atoms with Crippen LogP contribution in [0, 0.1) is 5.41 Å². The number of ether oxygens (including phenoxy) is 1. The van der Waals surface area contributed by atoms with Gasteiger partial charge in [0.05, 0.1) is 6.61 Å². The van der Waals surface area contributed by atoms with E-state index in [2.05, 4.69) is 43.8 Å². The lowest BCUT2D eigenvalue weighted by molar-refractivity contribution is 0.109. The van der Waals surface area contributed by atoms with Crippen molar-refractivity contribution in [3.63, 3.8) is 0 Å². The van der Waals surface area contributed by atoms with Crippen molar-refractivity contribution >= 4 is 0 Å². The molecule has 2 rings (SSSR count). The zero-order valence-electron chi connectivity index (χ0n) is 12.6. The van der Waals surface area contributed by atoms with Gasteiger partial charge in [-0.05, 0) is 48.7 Å². The number of allylic oxidation sites excluding steroid dienone is 3. The smallest absolute Gasteiger partial charge is 0.0716 e.